The first-order valence-corrected chi connectivity index (χ1v) is 6.39. The number of carbonyl (C=O) groups excluding carboxylic acids is 3. The van der Waals surface area contributed by atoms with Crippen LogP contribution in [0.15, 0.2) is 18.2 Å². The van der Waals surface area contributed by atoms with Crippen molar-refractivity contribution in [2.75, 3.05) is 12.8 Å². The number of likely N-dealkylation sites (N-methyl/N-ethyl adjacent to an activating group) is 1. The van der Waals surface area contributed by atoms with Crippen molar-refractivity contribution in [3.8, 4) is 0 Å². The summed E-state index contributed by atoms with van der Waals surface area (Å²) >= 11 is 0. The molecule has 0 spiro atoms. The van der Waals surface area contributed by atoms with Gasteiger partial charge in [-0.1, -0.05) is 0 Å². The highest BCUT2D eigenvalue weighted by atomic mass is 16.2. The summed E-state index contributed by atoms with van der Waals surface area (Å²) in [7, 11) is 1.79. The van der Waals surface area contributed by atoms with Crippen LogP contribution in [0, 0.1) is 0 Å². The summed E-state index contributed by atoms with van der Waals surface area (Å²) in [5, 5.41) is 2.32. The fourth-order valence-corrected chi connectivity index (χ4v) is 2.36. The first-order chi connectivity index (χ1) is 9.51. The van der Waals surface area contributed by atoms with Crippen LogP contribution in [-0.2, 0) is 16.1 Å². The van der Waals surface area contributed by atoms with E-state index in [1.165, 1.54) is 0 Å². The standard InChI is InChI=1S/C14H17N3O3/c1-17(12-4-5-13(19)16-14(12)20)7-10-6-11(15)3-2-9(10)8-18/h2-3,6,8,12H,4-5,7,15H2,1H3,(H,16,19,20). The SMILES string of the molecule is CN(Cc1cc(N)ccc1C=O)C1CCC(=O)NC1=O. The number of benzene rings is 1. The Hall–Kier alpha value is -2.21. The Kier molecular flexibility index (Phi) is 4.14. The minimum atomic E-state index is -0.367. The molecule has 2 amide bonds. The zero-order valence-electron chi connectivity index (χ0n) is 11.3. The number of carbonyl (C=O) groups is 3. The second-order valence-corrected chi connectivity index (χ2v) is 4.96. The largest absolute Gasteiger partial charge is 0.399 e. The molecule has 2 rings (SSSR count). The maximum Gasteiger partial charge on any atom is 0.243 e. The van der Waals surface area contributed by atoms with E-state index >= 15 is 0 Å². The predicted molar refractivity (Wildman–Crippen MR) is 73.9 cm³/mol. The third-order valence-electron chi connectivity index (χ3n) is 3.46. The number of nitrogens with one attached hydrogen (secondary N) is 1. The number of aldehydes is 1. The Morgan fingerprint density at radius 3 is 2.85 bits per heavy atom. The van der Waals surface area contributed by atoms with E-state index in [4.69, 9.17) is 5.73 Å². The van der Waals surface area contributed by atoms with Gasteiger partial charge in [0.05, 0.1) is 6.04 Å². The number of piperidine rings is 1. The zero-order valence-corrected chi connectivity index (χ0v) is 11.3. The Labute approximate surface area is 116 Å². The average molecular weight is 275 g/mol. The molecular formula is C14H17N3O3. The van der Waals surface area contributed by atoms with E-state index in [1.807, 2.05) is 4.90 Å². The molecule has 0 saturated carbocycles. The Morgan fingerprint density at radius 1 is 1.45 bits per heavy atom. The molecule has 6 nitrogen and oxygen atoms in total. The van der Waals surface area contributed by atoms with Crippen molar-refractivity contribution in [3.63, 3.8) is 0 Å². The Bertz CT molecular complexity index is 557. The summed E-state index contributed by atoms with van der Waals surface area (Å²) in [5.74, 6) is -0.530. The number of nitrogens with zero attached hydrogens (tertiary/aromatic N) is 1. The molecule has 1 saturated heterocycles. The molecular weight excluding hydrogens is 258 g/mol. The lowest BCUT2D eigenvalue weighted by Crippen LogP contribution is -2.51. The van der Waals surface area contributed by atoms with Crippen molar-refractivity contribution >= 4 is 23.8 Å². The van der Waals surface area contributed by atoms with Crippen LogP contribution in [0.25, 0.3) is 0 Å². The number of imide groups is 1. The third kappa shape index (κ3) is 3.03. The molecule has 1 aliphatic rings. The normalized spacial score (nSPS) is 19.0. The predicted octanol–water partition coefficient (Wildman–Crippen LogP) is 0.318. The van der Waals surface area contributed by atoms with Gasteiger partial charge in [0, 0.05) is 24.2 Å². The van der Waals surface area contributed by atoms with Crippen LogP contribution in [0.5, 0.6) is 0 Å². The van der Waals surface area contributed by atoms with Gasteiger partial charge < -0.3 is 5.73 Å². The summed E-state index contributed by atoms with van der Waals surface area (Å²) in [4.78, 5) is 35.8. The van der Waals surface area contributed by atoms with Crippen molar-refractivity contribution in [2.24, 2.45) is 0 Å². The second-order valence-electron chi connectivity index (χ2n) is 4.96. The van der Waals surface area contributed by atoms with E-state index in [1.54, 1.807) is 25.2 Å². The maximum atomic E-state index is 11.8. The summed E-state index contributed by atoms with van der Waals surface area (Å²) in [6.45, 7) is 0.422. The molecule has 6 heteroatoms. The molecule has 3 N–H and O–H groups in total. The van der Waals surface area contributed by atoms with Crippen molar-refractivity contribution in [1.82, 2.24) is 10.2 Å². The minimum absolute atomic E-state index is 0.239. The molecule has 1 unspecified atom stereocenters. The maximum absolute atomic E-state index is 11.8. The number of nitrogen functional groups attached to an aromatic ring is 1. The molecule has 0 bridgehead atoms. The van der Waals surface area contributed by atoms with Gasteiger partial charge in [0.2, 0.25) is 11.8 Å². The molecule has 1 heterocycles. The fourth-order valence-electron chi connectivity index (χ4n) is 2.36. The number of hydrogen-bond donors (Lipinski definition) is 2. The molecule has 1 aromatic rings. The topological polar surface area (TPSA) is 92.5 Å². The second kappa shape index (κ2) is 5.83. The van der Waals surface area contributed by atoms with E-state index in [-0.39, 0.29) is 17.9 Å². The van der Waals surface area contributed by atoms with Crippen LogP contribution in [0.2, 0.25) is 0 Å². The minimum Gasteiger partial charge on any atom is -0.399 e. The van der Waals surface area contributed by atoms with Crippen LogP contribution in [0.1, 0.15) is 28.8 Å². The fraction of sp³-hybridized carbons (Fsp3) is 0.357. The van der Waals surface area contributed by atoms with E-state index in [9.17, 15) is 14.4 Å². The van der Waals surface area contributed by atoms with Crippen LogP contribution in [-0.4, -0.2) is 36.1 Å². The average Bonchev–Trinajstić information content (AvgIpc) is 2.38. The zero-order chi connectivity index (χ0) is 14.7. The summed E-state index contributed by atoms with van der Waals surface area (Å²) in [5.41, 5.74) is 7.62. The van der Waals surface area contributed by atoms with Gasteiger partial charge in [-0.15, -0.1) is 0 Å². The number of hydrogen-bond acceptors (Lipinski definition) is 5. The van der Waals surface area contributed by atoms with Crippen LogP contribution < -0.4 is 11.1 Å². The quantitative estimate of drug-likeness (QED) is 0.469. The summed E-state index contributed by atoms with van der Waals surface area (Å²) < 4.78 is 0. The van der Waals surface area contributed by atoms with E-state index < -0.39 is 0 Å². The van der Waals surface area contributed by atoms with Gasteiger partial charge >= 0.3 is 0 Å². The van der Waals surface area contributed by atoms with Crippen LogP contribution >= 0.6 is 0 Å². The first kappa shape index (κ1) is 14.2. The van der Waals surface area contributed by atoms with Crippen LogP contribution in [0.3, 0.4) is 0 Å². The molecule has 1 fully saturated rings. The molecule has 1 aromatic carbocycles. The molecule has 1 aliphatic heterocycles. The highest BCUT2D eigenvalue weighted by Gasteiger charge is 2.29. The van der Waals surface area contributed by atoms with E-state index in [0.717, 1.165) is 11.8 Å². The van der Waals surface area contributed by atoms with Gasteiger partial charge in [0.25, 0.3) is 0 Å². The highest BCUT2D eigenvalue weighted by Crippen LogP contribution is 2.18. The number of amides is 2. The molecule has 106 valence electrons. The van der Waals surface area contributed by atoms with Crippen molar-refractivity contribution in [3.05, 3.63) is 29.3 Å². The number of anilines is 1. The molecule has 0 aliphatic carbocycles. The van der Waals surface area contributed by atoms with Gasteiger partial charge in [-0.2, -0.15) is 0 Å². The first-order valence-electron chi connectivity index (χ1n) is 6.39. The molecule has 20 heavy (non-hydrogen) atoms. The smallest absolute Gasteiger partial charge is 0.243 e. The lowest BCUT2D eigenvalue weighted by Gasteiger charge is -2.30. The summed E-state index contributed by atoms with van der Waals surface area (Å²) in [6, 6.07) is 4.69. The molecule has 1 atom stereocenters. The lowest BCUT2D eigenvalue weighted by atomic mass is 10.0. The van der Waals surface area contributed by atoms with Gasteiger partial charge in [0.15, 0.2) is 0 Å². The van der Waals surface area contributed by atoms with E-state index in [2.05, 4.69) is 5.32 Å². The summed E-state index contributed by atoms with van der Waals surface area (Å²) in [6.07, 6.45) is 1.59. The third-order valence-corrected chi connectivity index (χ3v) is 3.46. The number of nitrogens with two attached hydrogens (primary N) is 1. The van der Waals surface area contributed by atoms with Crippen LogP contribution in [0.4, 0.5) is 5.69 Å². The monoisotopic (exact) mass is 275 g/mol. The molecule has 0 radical (unpaired) electrons. The highest BCUT2D eigenvalue weighted by molar-refractivity contribution is 6.00. The number of rotatable bonds is 4. The van der Waals surface area contributed by atoms with Gasteiger partial charge in [-0.3, -0.25) is 24.6 Å². The Balaban J connectivity index is 2.13. The van der Waals surface area contributed by atoms with Gasteiger partial charge in [-0.05, 0) is 37.2 Å². The van der Waals surface area contributed by atoms with Gasteiger partial charge in [0.1, 0.15) is 6.29 Å². The van der Waals surface area contributed by atoms with Gasteiger partial charge in [-0.25, -0.2) is 0 Å². The Morgan fingerprint density at radius 2 is 2.20 bits per heavy atom. The van der Waals surface area contributed by atoms with Crippen molar-refractivity contribution < 1.29 is 14.4 Å². The van der Waals surface area contributed by atoms with E-state index in [0.29, 0.717) is 30.6 Å². The lowest BCUT2D eigenvalue weighted by molar-refractivity contribution is -0.137. The van der Waals surface area contributed by atoms with Crippen molar-refractivity contribution in [2.45, 2.75) is 25.4 Å². The molecule has 0 aromatic heterocycles. The van der Waals surface area contributed by atoms with Crippen molar-refractivity contribution in [1.29, 1.82) is 0 Å².